The molecule has 3 aromatic carbocycles. The van der Waals surface area contributed by atoms with E-state index in [0.717, 1.165) is 82.8 Å². The molecule has 0 spiro atoms. The van der Waals surface area contributed by atoms with Gasteiger partial charge in [-0.1, -0.05) is 104 Å². The summed E-state index contributed by atoms with van der Waals surface area (Å²) in [5.74, 6) is 5.51. The first-order valence-electron chi connectivity index (χ1n) is 16.9. The SMILES string of the molecule is CC(C)CCCC(C)CCOc1cccc(-c2cc(CCl)c(-c3cccc(OCCC(C)CCCC(C)C)c3)cc2CCl)c1. The first-order chi connectivity index (χ1) is 21.2. The highest BCUT2D eigenvalue weighted by atomic mass is 35.5. The van der Waals surface area contributed by atoms with Gasteiger partial charge in [0.1, 0.15) is 11.5 Å². The third kappa shape index (κ3) is 12.3. The van der Waals surface area contributed by atoms with Crippen LogP contribution in [0.15, 0.2) is 60.7 Å². The molecule has 0 aromatic heterocycles. The topological polar surface area (TPSA) is 18.5 Å². The maximum absolute atomic E-state index is 6.55. The summed E-state index contributed by atoms with van der Waals surface area (Å²) in [6.45, 7) is 15.3. The number of rotatable bonds is 20. The number of alkyl halides is 2. The lowest BCUT2D eigenvalue weighted by Crippen LogP contribution is -2.05. The average molecular weight is 640 g/mol. The average Bonchev–Trinajstić information content (AvgIpc) is 3.00. The molecule has 0 bridgehead atoms. The molecular formula is C40H56Cl2O2. The van der Waals surface area contributed by atoms with Crippen molar-refractivity contribution in [1.29, 1.82) is 0 Å². The van der Waals surface area contributed by atoms with Crippen molar-refractivity contribution >= 4 is 23.2 Å². The van der Waals surface area contributed by atoms with Crippen LogP contribution in [0, 0.1) is 23.7 Å². The zero-order valence-electron chi connectivity index (χ0n) is 28.1. The zero-order valence-corrected chi connectivity index (χ0v) is 29.7. The van der Waals surface area contributed by atoms with Crippen LogP contribution < -0.4 is 9.47 Å². The highest BCUT2D eigenvalue weighted by molar-refractivity contribution is 6.18. The van der Waals surface area contributed by atoms with Gasteiger partial charge in [-0.15, -0.1) is 23.2 Å². The lowest BCUT2D eigenvalue weighted by molar-refractivity contribution is 0.275. The van der Waals surface area contributed by atoms with Gasteiger partial charge in [-0.05, 0) is 106 Å². The standard InChI is InChI=1S/C40H56Cl2O2/c1-29(2)11-7-13-31(5)19-21-43-37-17-9-15-33(23-37)39-25-36(28-42)40(26-35(39)27-41)34-16-10-18-38(24-34)44-22-20-32(6)14-8-12-30(3)4/h9-10,15-18,23-26,29-32H,7-8,11-14,19-22,27-28H2,1-6H3. The van der Waals surface area contributed by atoms with E-state index < -0.39 is 0 Å². The number of ether oxygens (including phenoxy) is 2. The first kappa shape index (κ1) is 36.3. The molecule has 0 N–H and O–H groups in total. The summed E-state index contributed by atoms with van der Waals surface area (Å²) in [7, 11) is 0. The van der Waals surface area contributed by atoms with Crippen LogP contribution in [-0.4, -0.2) is 13.2 Å². The molecule has 4 heteroatoms. The zero-order chi connectivity index (χ0) is 31.9. The van der Waals surface area contributed by atoms with Gasteiger partial charge in [0, 0.05) is 11.8 Å². The van der Waals surface area contributed by atoms with Gasteiger partial charge in [0.05, 0.1) is 13.2 Å². The second kappa shape index (κ2) is 19.4. The molecule has 3 rings (SSSR count). The molecular weight excluding hydrogens is 583 g/mol. The molecule has 0 saturated heterocycles. The van der Waals surface area contributed by atoms with Gasteiger partial charge in [-0.3, -0.25) is 0 Å². The molecule has 2 atom stereocenters. The fraction of sp³-hybridized carbons (Fsp3) is 0.550. The fourth-order valence-corrected chi connectivity index (χ4v) is 6.19. The van der Waals surface area contributed by atoms with Crippen LogP contribution in [-0.2, 0) is 11.8 Å². The molecule has 0 heterocycles. The summed E-state index contributed by atoms with van der Waals surface area (Å²) < 4.78 is 12.4. The van der Waals surface area contributed by atoms with Gasteiger partial charge >= 0.3 is 0 Å². The van der Waals surface area contributed by atoms with Gasteiger partial charge in [-0.25, -0.2) is 0 Å². The van der Waals surface area contributed by atoms with Crippen LogP contribution in [0.5, 0.6) is 11.5 Å². The van der Waals surface area contributed by atoms with Crippen molar-refractivity contribution in [3.63, 3.8) is 0 Å². The summed E-state index contributed by atoms with van der Waals surface area (Å²) in [4.78, 5) is 0. The van der Waals surface area contributed by atoms with Crippen LogP contribution >= 0.6 is 23.2 Å². The Balaban J connectivity index is 1.68. The second-order valence-corrected chi connectivity index (χ2v) is 14.2. The van der Waals surface area contributed by atoms with Crippen LogP contribution in [0.4, 0.5) is 0 Å². The molecule has 0 amide bonds. The molecule has 44 heavy (non-hydrogen) atoms. The Hall–Kier alpha value is -2.16. The minimum absolute atomic E-state index is 0.411. The van der Waals surface area contributed by atoms with Crippen molar-refractivity contribution < 1.29 is 9.47 Å². The molecule has 2 nitrogen and oxygen atoms in total. The monoisotopic (exact) mass is 638 g/mol. The molecule has 3 aromatic rings. The van der Waals surface area contributed by atoms with Crippen LogP contribution in [0.1, 0.15) is 104 Å². The minimum atomic E-state index is 0.411. The summed E-state index contributed by atoms with van der Waals surface area (Å²) in [5, 5.41) is 0. The minimum Gasteiger partial charge on any atom is -0.494 e. The van der Waals surface area contributed by atoms with E-state index in [4.69, 9.17) is 32.7 Å². The second-order valence-electron chi connectivity index (χ2n) is 13.6. The van der Waals surface area contributed by atoms with Crippen molar-refractivity contribution in [3.8, 4) is 33.8 Å². The Morgan fingerprint density at radius 1 is 0.523 bits per heavy atom. The Kier molecular flexibility index (Phi) is 16.0. The van der Waals surface area contributed by atoms with Crippen molar-refractivity contribution in [1.82, 2.24) is 0 Å². The van der Waals surface area contributed by atoms with Crippen molar-refractivity contribution in [2.75, 3.05) is 13.2 Å². The normalized spacial score (nSPS) is 13.0. The van der Waals surface area contributed by atoms with Crippen molar-refractivity contribution in [3.05, 3.63) is 71.8 Å². The number of halogens is 2. The third-order valence-electron chi connectivity index (χ3n) is 8.62. The highest BCUT2D eigenvalue weighted by Crippen LogP contribution is 2.36. The predicted molar refractivity (Wildman–Crippen MR) is 192 cm³/mol. The van der Waals surface area contributed by atoms with E-state index in [2.05, 4.69) is 90.1 Å². The van der Waals surface area contributed by atoms with Gasteiger partial charge in [-0.2, -0.15) is 0 Å². The van der Waals surface area contributed by atoms with E-state index in [1.165, 1.54) is 38.5 Å². The van der Waals surface area contributed by atoms with E-state index in [1.807, 2.05) is 12.1 Å². The third-order valence-corrected chi connectivity index (χ3v) is 9.20. The Bertz CT molecular complexity index is 1150. The predicted octanol–water partition coefficient (Wildman–Crippen LogP) is 13.0. The van der Waals surface area contributed by atoms with E-state index >= 15 is 0 Å². The van der Waals surface area contributed by atoms with Crippen LogP contribution in [0.25, 0.3) is 22.3 Å². The Labute approximate surface area is 278 Å². The van der Waals surface area contributed by atoms with E-state index in [0.29, 0.717) is 23.6 Å². The van der Waals surface area contributed by atoms with Crippen molar-refractivity contribution in [2.24, 2.45) is 23.7 Å². The number of hydrogen-bond donors (Lipinski definition) is 0. The van der Waals surface area contributed by atoms with Crippen LogP contribution in [0.3, 0.4) is 0 Å². The molecule has 0 aliphatic heterocycles. The molecule has 242 valence electrons. The molecule has 0 fully saturated rings. The lowest BCUT2D eigenvalue weighted by atomic mass is 9.91. The summed E-state index contributed by atoms with van der Waals surface area (Å²) in [6, 6.07) is 21.1. The Morgan fingerprint density at radius 2 is 0.932 bits per heavy atom. The van der Waals surface area contributed by atoms with E-state index in [-0.39, 0.29) is 0 Å². The largest absolute Gasteiger partial charge is 0.494 e. The molecule has 0 saturated carbocycles. The highest BCUT2D eigenvalue weighted by Gasteiger charge is 2.14. The smallest absolute Gasteiger partial charge is 0.119 e. The Morgan fingerprint density at radius 3 is 1.30 bits per heavy atom. The molecule has 2 unspecified atom stereocenters. The summed E-state index contributed by atoms with van der Waals surface area (Å²) in [5.41, 5.74) is 6.55. The summed E-state index contributed by atoms with van der Waals surface area (Å²) >= 11 is 13.1. The van der Waals surface area contributed by atoms with E-state index in [9.17, 15) is 0 Å². The molecule has 0 radical (unpaired) electrons. The van der Waals surface area contributed by atoms with Gasteiger partial charge in [0.15, 0.2) is 0 Å². The maximum Gasteiger partial charge on any atom is 0.119 e. The first-order valence-corrected chi connectivity index (χ1v) is 18.0. The van der Waals surface area contributed by atoms with Gasteiger partial charge in [0.25, 0.3) is 0 Å². The van der Waals surface area contributed by atoms with Gasteiger partial charge in [0.2, 0.25) is 0 Å². The number of benzene rings is 3. The van der Waals surface area contributed by atoms with Crippen LogP contribution in [0.2, 0.25) is 0 Å². The van der Waals surface area contributed by atoms with Gasteiger partial charge < -0.3 is 9.47 Å². The summed E-state index contributed by atoms with van der Waals surface area (Å²) in [6.07, 6.45) is 9.86. The molecule has 0 aliphatic carbocycles. The maximum atomic E-state index is 6.55. The quantitative estimate of drug-likeness (QED) is 0.115. The number of hydrogen-bond acceptors (Lipinski definition) is 2. The molecule has 0 aliphatic rings. The lowest BCUT2D eigenvalue weighted by Gasteiger charge is -2.17. The van der Waals surface area contributed by atoms with E-state index in [1.54, 1.807) is 0 Å². The van der Waals surface area contributed by atoms with Crippen molar-refractivity contribution in [2.45, 2.75) is 105 Å². The fourth-order valence-electron chi connectivity index (χ4n) is 5.75.